The van der Waals surface area contributed by atoms with E-state index in [0.717, 1.165) is 12.1 Å². The predicted octanol–water partition coefficient (Wildman–Crippen LogP) is 3.32. The molecule has 1 N–H and O–H groups in total. The standard InChI is InChI=1S/C13H14F3N3O3S/c1-7(2)11-17-18-12(22-11)19-23(20,21)10-6-9(13(14,15)16)5-4-8(10)3/h4-7H,1-3H3,(H,18,19). The summed E-state index contributed by atoms with van der Waals surface area (Å²) in [5.41, 5.74) is -0.897. The molecule has 1 heterocycles. The Bertz CT molecular complexity index is 813. The quantitative estimate of drug-likeness (QED) is 0.915. The van der Waals surface area contributed by atoms with Gasteiger partial charge in [-0.3, -0.25) is 0 Å². The summed E-state index contributed by atoms with van der Waals surface area (Å²) in [5, 5.41) is 7.17. The summed E-state index contributed by atoms with van der Waals surface area (Å²) in [6, 6.07) is 2.07. The second-order valence-corrected chi connectivity index (χ2v) is 6.83. The molecule has 1 aromatic carbocycles. The van der Waals surface area contributed by atoms with E-state index < -0.39 is 32.7 Å². The second-order valence-electron chi connectivity index (χ2n) is 5.18. The van der Waals surface area contributed by atoms with Gasteiger partial charge < -0.3 is 4.42 Å². The second kappa shape index (κ2) is 5.84. The van der Waals surface area contributed by atoms with Crippen molar-refractivity contribution in [2.45, 2.75) is 37.8 Å². The van der Waals surface area contributed by atoms with E-state index in [1.165, 1.54) is 6.92 Å². The van der Waals surface area contributed by atoms with E-state index in [2.05, 4.69) is 10.2 Å². The summed E-state index contributed by atoms with van der Waals surface area (Å²) in [5.74, 6) is 0.0968. The number of hydrogen-bond acceptors (Lipinski definition) is 5. The molecule has 10 heteroatoms. The first-order chi connectivity index (χ1) is 10.5. The Labute approximate surface area is 130 Å². The van der Waals surface area contributed by atoms with Gasteiger partial charge in [0.2, 0.25) is 5.89 Å². The molecule has 23 heavy (non-hydrogen) atoms. The topological polar surface area (TPSA) is 85.1 Å². The van der Waals surface area contributed by atoms with Crippen LogP contribution in [0.1, 0.15) is 36.8 Å². The third kappa shape index (κ3) is 3.81. The van der Waals surface area contributed by atoms with Crippen LogP contribution in [-0.4, -0.2) is 18.6 Å². The zero-order valence-electron chi connectivity index (χ0n) is 12.5. The van der Waals surface area contributed by atoms with Crippen molar-refractivity contribution in [1.29, 1.82) is 0 Å². The number of sulfonamides is 1. The molecular weight excluding hydrogens is 335 g/mol. The first kappa shape index (κ1) is 17.3. The molecule has 1 aromatic heterocycles. The van der Waals surface area contributed by atoms with Gasteiger partial charge in [-0.15, -0.1) is 5.10 Å². The number of anilines is 1. The van der Waals surface area contributed by atoms with Crippen molar-refractivity contribution in [3.8, 4) is 0 Å². The van der Waals surface area contributed by atoms with Crippen LogP contribution in [0.4, 0.5) is 19.2 Å². The molecule has 0 saturated carbocycles. The van der Waals surface area contributed by atoms with Crippen molar-refractivity contribution in [2.75, 3.05) is 4.72 Å². The van der Waals surface area contributed by atoms with Crippen LogP contribution in [0.3, 0.4) is 0 Å². The van der Waals surface area contributed by atoms with Gasteiger partial charge >= 0.3 is 12.2 Å². The fourth-order valence-electron chi connectivity index (χ4n) is 1.74. The zero-order valence-corrected chi connectivity index (χ0v) is 13.3. The van der Waals surface area contributed by atoms with Gasteiger partial charge in [-0.2, -0.15) is 13.2 Å². The summed E-state index contributed by atoms with van der Waals surface area (Å²) in [4.78, 5) is -0.503. The van der Waals surface area contributed by atoms with E-state index in [1.54, 1.807) is 13.8 Å². The maximum atomic E-state index is 12.8. The first-order valence-corrected chi connectivity index (χ1v) is 8.03. The van der Waals surface area contributed by atoms with Gasteiger partial charge in [0.15, 0.2) is 0 Å². The molecule has 0 unspecified atom stereocenters. The Kier molecular flexibility index (Phi) is 4.38. The van der Waals surface area contributed by atoms with Crippen molar-refractivity contribution < 1.29 is 26.0 Å². The summed E-state index contributed by atoms with van der Waals surface area (Å²) in [6.45, 7) is 4.92. The lowest BCUT2D eigenvalue weighted by atomic mass is 10.1. The summed E-state index contributed by atoms with van der Waals surface area (Å²) in [6.07, 6.45) is -4.65. The predicted molar refractivity (Wildman–Crippen MR) is 75.4 cm³/mol. The highest BCUT2D eigenvalue weighted by Gasteiger charge is 2.32. The number of hydrogen-bond donors (Lipinski definition) is 1. The smallest absolute Gasteiger partial charge is 0.407 e. The lowest BCUT2D eigenvalue weighted by molar-refractivity contribution is -0.137. The minimum absolute atomic E-state index is 0.115. The third-order valence-corrected chi connectivity index (χ3v) is 4.42. The van der Waals surface area contributed by atoms with E-state index in [4.69, 9.17) is 4.42 Å². The summed E-state index contributed by atoms with van der Waals surface area (Å²) >= 11 is 0. The van der Waals surface area contributed by atoms with E-state index >= 15 is 0 Å². The first-order valence-electron chi connectivity index (χ1n) is 6.55. The third-order valence-electron chi connectivity index (χ3n) is 2.96. The molecule has 126 valence electrons. The molecular formula is C13H14F3N3O3S. The molecule has 0 spiro atoms. The van der Waals surface area contributed by atoms with Crippen molar-refractivity contribution in [3.63, 3.8) is 0 Å². The average Bonchev–Trinajstić information content (AvgIpc) is 2.85. The largest absolute Gasteiger partial charge is 0.416 e. The monoisotopic (exact) mass is 349 g/mol. The van der Waals surface area contributed by atoms with E-state index in [1.807, 2.05) is 4.72 Å². The van der Waals surface area contributed by atoms with Gasteiger partial charge in [-0.1, -0.05) is 25.0 Å². The minimum Gasteiger partial charge on any atom is -0.407 e. The Morgan fingerprint density at radius 1 is 1.22 bits per heavy atom. The zero-order chi connectivity index (χ0) is 17.4. The molecule has 0 aliphatic rings. The van der Waals surface area contributed by atoms with Gasteiger partial charge in [0, 0.05) is 5.92 Å². The average molecular weight is 349 g/mol. The molecule has 2 aromatic rings. The molecule has 0 atom stereocenters. The highest BCUT2D eigenvalue weighted by atomic mass is 32.2. The van der Waals surface area contributed by atoms with Gasteiger partial charge in [0.05, 0.1) is 10.5 Å². The summed E-state index contributed by atoms with van der Waals surface area (Å²) in [7, 11) is -4.29. The van der Waals surface area contributed by atoms with E-state index in [0.29, 0.717) is 6.07 Å². The lowest BCUT2D eigenvalue weighted by Gasteiger charge is -2.11. The van der Waals surface area contributed by atoms with Gasteiger partial charge in [0.25, 0.3) is 10.0 Å². The Morgan fingerprint density at radius 3 is 2.39 bits per heavy atom. The number of aryl methyl sites for hydroxylation is 1. The number of halogens is 3. The fourth-order valence-corrected chi connectivity index (χ4v) is 2.94. The lowest BCUT2D eigenvalue weighted by Crippen LogP contribution is -2.16. The number of rotatable bonds is 4. The van der Waals surface area contributed by atoms with Crippen LogP contribution >= 0.6 is 0 Å². The van der Waals surface area contributed by atoms with Crippen LogP contribution in [-0.2, 0) is 16.2 Å². The Balaban J connectivity index is 2.39. The van der Waals surface area contributed by atoms with Crippen molar-refractivity contribution >= 4 is 16.0 Å². The van der Waals surface area contributed by atoms with Crippen molar-refractivity contribution in [3.05, 3.63) is 35.2 Å². The molecule has 0 radical (unpaired) electrons. The van der Waals surface area contributed by atoms with Crippen molar-refractivity contribution in [1.82, 2.24) is 10.2 Å². The highest BCUT2D eigenvalue weighted by molar-refractivity contribution is 7.92. The van der Waals surface area contributed by atoms with Crippen LogP contribution in [0.15, 0.2) is 27.5 Å². The number of nitrogens with zero attached hydrogens (tertiary/aromatic N) is 2. The summed E-state index contributed by atoms with van der Waals surface area (Å²) < 4.78 is 69.9. The Hall–Kier alpha value is -2.10. The molecule has 0 bridgehead atoms. The van der Waals surface area contributed by atoms with Crippen LogP contribution in [0.2, 0.25) is 0 Å². The molecule has 2 rings (SSSR count). The van der Waals surface area contributed by atoms with E-state index in [-0.39, 0.29) is 17.4 Å². The van der Waals surface area contributed by atoms with Crippen LogP contribution < -0.4 is 4.72 Å². The normalized spacial score (nSPS) is 12.7. The van der Waals surface area contributed by atoms with Crippen LogP contribution in [0, 0.1) is 6.92 Å². The van der Waals surface area contributed by atoms with E-state index in [9.17, 15) is 21.6 Å². The maximum Gasteiger partial charge on any atom is 0.416 e. The molecule has 0 aliphatic carbocycles. The van der Waals surface area contributed by atoms with Crippen LogP contribution in [0.5, 0.6) is 0 Å². The number of alkyl halides is 3. The molecule has 0 aliphatic heterocycles. The fraction of sp³-hybridized carbons (Fsp3) is 0.385. The molecule has 0 amide bonds. The minimum atomic E-state index is -4.65. The number of nitrogens with one attached hydrogen (secondary N) is 1. The maximum absolute atomic E-state index is 12.8. The van der Waals surface area contributed by atoms with Crippen molar-refractivity contribution in [2.24, 2.45) is 0 Å². The number of aromatic nitrogens is 2. The van der Waals surface area contributed by atoms with Gasteiger partial charge in [0.1, 0.15) is 0 Å². The highest BCUT2D eigenvalue weighted by Crippen LogP contribution is 2.32. The molecule has 0 fully saturated rings. The molecule has 6 nitrogen and oxygen atoms in total. The van der Waals surface area contributed by atoms with Gasteiger partial charge in [-0.05, 0) is 24.6 Å². The SMILES string of the molecule is Cc1ccc(C(F)(F)F)cc1S(=O)(=O)Nc1nnc(C(C)C)o1. The Morgan fingerprint density at radius 2 is 1.87 bits per heavy atom. The molecule has 0 saturated heterocycles. The van der Waals surface area contributed by atoms with Crippen LogP contribution in [0.25, 0.3) is 0 Å². The van der Waals surface area contributed by atoms with Gasteiger partial charge in [-0.25, -0.2) is 13.1 Å². The number of benzene rings is 1.